The number of hydrogen-bond donors (Lipinski definition) is 2. The van der Waals surface area contributed by atoms with Crippen LogP contribution in [0.3, 0.4) is 0 Å². The van der Waals surface area contributed by atoms with Gasteiger partial charge in [0, 0.05) is 29.8 Å². The van der Waals surface area contributed by atoms with Crippen LogP contribution in [0.4, 0.5) is 5.69 Å². The molecule has 26 heavy (non-hydrogen) atoms. The van der Waals surface area contributed by atoms with Gasteiger partial charge in [0.25, 0.3) is 5.91 Å². The van der Waals surface area contributed by atoms with Crippen LogP contribution in [0.15, 0.2) is 47.6 Å². The molecule has 136 valence electrons. The molecule has 0 saturated heterocycles. The van der Waals surface area contributed by atoms with Crippen molar-refractivity contribution in [2.24, 2.45) is 5.10 Å². The summed E-state index contributed by atoms with van der Waals surface area (Å²) in [6, 6.07) is 11.9. The zero-order chi connectivity index (χ0) is 19.1. The number of nitrogens with one attached hydrogen (secondary N) is 2. The van der Waals surface area contributed by atoms with E-state index in [0.717, 1.165) is 5.56 Å². The van der Waals surface area contributed by atoms with Crippen LogP contribution in [0.25, 0.3) is 0 Å². The zero-order valence-electron chi connectivity index (χ0n) is 15.1. The van der Waals surface area contributed by atoms with Gasteiger partial charge in [-0.25, -0.2) is 5.43 Å². The molecule has 2 aromatic carbocycles. The maximum absolute atomic E-state index is 12.2. The number of carbonyl (C=O) groups excluding carboxylic acids is 2. The molecule has 2 rings (SSSR count). The first kappa shape index (κ1) is 19.0. The van der Waals surface area contributed by atoms with Crippen molar-refractivity contribution in [3.8, 4) is 11.5 Å². The molecule has 0 aliphatic rings. The summed E-state index contributed by atoms with van der Waals surface area (Å²) in [7, 11) is 3.13. The lowest BCUT2D eigenvalue weighted by Crippen LogP contribution is -2.19. The Morgan fingerprint density at radius 2 is 1.65 bits per heavy atom. The summed E-state index contributed by atoms with van der Waals surface area (Å²) in [4.78, 5) is 23.2. The average Bonchev–Trinajstić information content (AvgIpc) is 2.65. The smallest absolute Gasteiger partial charge is 0.271 e. The van der Waals surface area contributed by atoms with Crippen molar-refractivity contribution in [1.29, 1.82) is 0 Å². The first-order chi connectivity index (χ1) is 12.4. The molecule has 2 aromatic rings. The third-order valence-corrected chi connectivity index (χ3v) is 3.59. The van der Waals surface area contributed by atoms with Crippen LogP contribution in [0.2, 0.25) is 0 Å². The molecule has 2 amide bonds. The number of hydrazone groups is 1. The molecule has 0 aromatic heterocycles. The lowest BCUT2D eigenvalue weighted by atomic mass is 10.1. The molecule has 0 spiro atoms. The third kappa shape index (κ3) is 4.83. The second-order valence-corrected chi connectivity index (χ2v) is 5.46. The van der Waals surface area contributed by atoms with Crippen LogP contribution in [0.1, 0.15) is 29.8 Å². The Morgan fingerprint density at radius 1 is 0.962 bits per heavy atom. The van der Waals surface area contributed by atoms with Crippen LogP contribution in [0, 0.1) is 0 Å². The molecule has 0 aliphatic carbocycles. The van der Waals surface area contributed by atoms with E-state index in [9.17, 15) is 9.59 Å². The van der Waals surface area contributed by atoms with Gasteiger partial charge in [-0.05, 0) is 43.3 Å². The van der Waals surface area contributed by atoms with Crippen LogP contribution < -0.4 is 20.2 Å². The second kappa shape index (κ2) is 8.66. The van der Waals surface area contributed by atoms with Gasteiger partial charge in [-0.1, -0.05) is 0 Å². The fourth-order valence-corrected chi connectivity index (χ4v) is 2.27. The SMILES string of the molecule is COc1ccc(/C(C)=N\NC(=O)c2ccc(NC(C)=O)cc2)c(OC)c1. The maximum Gasteiger partial charge on any atom is 0.271 e. The topological polar surface area (TPSA) is 89.0 Å². The van der Waals surface area contributed by atoms with Gasteiger partial charge in [-0.3, -0.25) is 9.59 Å². The molecule has 2 N–H and O–H groups in total. The van der Waals surface area contributed by atoms with Gasteiger partial charge in [0.2, 0.25) is 5.91 Å². The average molecular weight is 355 g/mol. The van der Waals surface area contributed by atoms with Crippen LogP contribution in [-0.2, 0) is 4.79 Å². The van der Waals surface area contributed by atoms with Crippen molar-refractivity contribution >= 4 is 23.2 Å². The van der Waals surface area contributed by atoms with Crippen molar-refractivity contribution < 1.29 is 19.1 Å². The predicted octanol–water partition coefficient (Wildman–Crippen LogP) is 2.82. The molecule has 0 aliphatic heterocycles. The van der Waals surface area contributed by atoms with Gasteiger partial charge in [-0.15, -0.1) is 0 Å². The number of rotatable bonds is 6. The summed E-state index contributed by atoms with van der Waals surface area (Å²) in [5.74, 6) is 0.739. The largest absolute Gasteiger partial charge is 0.497 e. The van der Waals surface area contributed by atoms with E-state index >= 15 is 0 Å². The van der Waals surface area contributed by atoms with E-state index < -0.39 is 0 Å². The lowest BCUT2D eigenvalue weighted by Gasteiger charge is -2.10. The van der Waals surface area contributed by atoms with E-state index in [4.69, 9.17) is 9.47 Å². The minimum absolute atomic E-state index is 0.170. The van der Waals surface area contributed by atoms with Crippen molar-refractivity contribution in [3.05, 3.63) is 53.6 Å². The fourth-order valence-electron chi connectivity index (χ4n) is 2.27. The van der Waals surface area contributed by atoms with E-state index in [1.807, 2.05) is 6.07 Å². The van der Waals surface area contributed by atoms with Crippen molar-refractivity contribution in [1.82, 2.24) is 5.43 Å². The molecule has 0 saturated carbocycles. The van der Waals surface area contributed by atoms with Gasteiger partial charge in [-0.2, -0.15) is 5.10 Å². The number of carbonyl (C=O) groups is 2. The molecular weight excluding hydrogens is 334 g/mol. The number of amides is 2. The zero-order valence-corrected chi connectivity index (χ0v) is 15.1. The number of benzene rings is 2. The predicted molar refractivity (Wildman–Crippen MR) is 100.0 cm³/mol. The summed E-state index contributed by atoms with van der Waals surface area (Å²) in [6.45, 7) is 3.19. The Hall–Kier alpha value is -3.35. The highest BCUT2D eigenvalue weighted by Crippen LogP contribution is 2.25. The van der Waals surface area contributed by atoms with Crippen LogP contribution in [0.5, 0.6) is 11.5 Å². The Kier molecular flexibility index (Phi) is 6.32. The maximum atomic E-state index is 12.2. The van der Waals surface area contributed by atoms with Crippen LogP contribution in [-0.4, -0.2) is 31.7 Å². The van der Waals surface area contributed by atoms with Gasteiger partial charge in [0.05, 0.1) is 19.9 Å². The number of methoxy groups -OCH3 is 2. The number of hydrogen-bond acceptors (Lipinski definition) is 5. The standard InChI is InChI=1S/C19H21N3O4/c1-12(17-10-9-16(25-3)11-18(17)26-4)21-22-19(24)14-5-7-15(8-6-14)20-13(2)23/h5-11H,1-4H3,(H,20,23)(H,22,24)/b21-12-. The minimum Gasteiger partial charge on any atom is -0.497 e. The second-order valence-electron chi connectivity index (χ2n) is 5.46. The molecule has 0 bridgehead atoms. The monoisotopic (exact) mass is 355 g/mol. The quantitative estimate of drug-likeness (QED) is 0.616. The van der Waals surface area contributed by atoms with Crippen molar-refractivity contribution in [2.45, 2.75) is 13.8 Å². The summed E-state index contributed by atoms with van der Waals surface area (Å²) >= 11 is 0. The normalized spacial score (nSPS) is 10.8. The van der Waals surface area contributed by atoms with Gasteiger partial charge < -0.3 is 14.8 Å². The minimum atomic E-state index is -0.355. The summed E-state index contributed by atoms with van der Waals surface area (Å²) in [5.41, 5.74) is 4.90. The fraction of sp³-hybridized carbons (Fsp3) is 0.211. The summed E-state index contributed by atoms with van der Waals surface area (Å²) in [5, 5.41) is 6.77. The number of nitrogens with zero attached hydrogens (tertiary/aromatic N) is 1. The molecule has 0 unspecified atom stereocenters. The molecule has 0 heterocycles. The van der Waals surface area contributed by atoms with E-state index in [1.54, 1.807) is 57.5 Å². The Bertz CT molecular complexity index is 829. The van der Waals surface area contributed by atoms with E-state index in [1.165, 1.54) is 6.92 Å². The highest BCUT2D eigenvalue weighted by Gasteiger charge is 2.10. The van der Waals surface area contributed by atoms with Crippen molar-refractivity contribution in [3.63, 3.8) is 0 Å². The Morgan fingerprint density at radius 3 is 2.23 bits per heavy atom. The van der Waals surface area contributed by atoms with Crippen LogP contribution >= 0.6 is 0 Å². The first-order valence-corrected chi connectivity index (χ1v) is 7.89. The molecular formula is C19H21N3O4. The summed E-state index contributed by atoms with van der Waals surface area (Å²) < 4.78 is 10.5. The molecule has 0 atom stereocenters. The van der Waals surface area contributed by atoms with E-state index in [0.29, 0.717) is 28.5 Å². The lowest BCUT2D eigenvalue weighted by molar-refractivity contribution is -0.114. The third-order valence-electron chi connectivity index (χ3n) is 3.59. The molecule has 0 radical (unpaired) electrons. The van der Waals surface area contributed by atoms with E-state index in [2.05, 4.69) is 15.8 Å². The summed E-state index contributed by atoms with van der Waals surface area (Å²) in [6.07, 6.45) is 0. The Labute approximate surface area is 152 Å². The number of ether oxygens (including phenoxy) is 2. The molecule has 7 heteroatoms. The Balaban J connectivity index is 2.10. The van der Waals surface area contributed by atoms with Crippen molar-refractivity contribution in [2.75, 3.05) is 19.5 Å². The molecule has 0 fully saturated rings. The highest BCUT2D eigenvalue weighted by molar-refractivity contribution is 6.03. The van der Waals surface area contributed by atoms with Gasteiger partial charge in [0.1, 0.15) is 11.5 Å². The van der Waals surface area contributed by atoms with E-state index in [-0.39, 0.29) is 11.8 Å². The van der Waals surface area contributed by atoms with Gasteiger partial charge >= 0.3 is 0 Å². The highest BCUT2D eigenvalue weighted by atomic mass is 16.5. The molecule has 7 nitrogen and oxygen atoms in total. The number of anilines is 1. The first-order valence-electron chi connectivity index (χ1n) is 7.89. The van der Waals surface area contributed by atoms with Gasteiger partial charge in [0.15, 0.2) is 0 Å².